The van der Waals surface area contributed by atoms with E-state index in [-0.39, 0.29) is 54.6 Å². The Labute approximate surface area is 256 Å². The number of aldehydes is 1. The van der Waals surface area contributed by atoms with Gasteiger partial charge in [-0.05, 0) is 56.1 Å². The topological polar surface area (TPSA) is 108 Å². The van der Waals surface area contributed by atoms with Gasteiger partial charge in [-0.3, -0.25) is 9.59 Å². The van der Waals surface area contributed by atoms with E-state index in [4.69, 9.17) is 14.2 Å². The Balaban J connectivity index is 1.37. The number of methoxy groups -OCH3 is 1. The Kier molecular flexibility index (Phi) is 8.75. The van der Waals surface area contributed by atoms with Gasteiger partial charge in [-0.2, -0.15) is 8.78 Å². The lowest BCUT2D eigenvalue weighted by Crippen LogP contribution is -2.45. The van der Waals surface area contributed by atoms with E-state index < -0.39 is 48.0 Å². The van der Waals surface area contributed by atoms with Gasteiger partial charge in [0.15, 0.2) is 5.69 Å². The Hall–Kier alpha value is -3.37. The van der Waals surface area contributed by atoms with Crippen LogP contribution in [-0.4, -0.2) is 64.9 Å². The Morgan fingerprint density at radius 1 is 0.977 bits per heavy atom. The number of hydrogen-bond donors (Lipinski definition) is 0. The fourth-order valence-electron chi connectivity index (χ4n) is 7.31. The fourth-order valence-corrected chi connectivity index (χ4v) is 7.31. The van der Waals surface area contributed by atoms with Gasteiger partial charge in [-0.15, -0.1) is 0 Å². The number of fused-ring (bicyclic) bond motifs is 5. The number of nitrogens with zero attached hydrogens (tertiary/aromatic N) is 3. The number of benzene rings is 1. The molecule has 2 bridgehead atoms. The SMILES string of the molecule is COc1ccc2nc3c(nc2c1)O[C@H]1CN(C(=O)[C@H](C2CCCCC2)CC(=O)O[C@@H]2C[C@H]2CCCCC3(F)F)[C@H](C=O)[C@@H]1C. The number of carbonyl (C=O) groups excluding carboxylic acids is 3. The van der Waals surface area contributed by atoms with E-state index in [2.05, 4.69) is 9.97 Å². The minimum absolute atomic E-state index is 0.00914. The second kappa shape index (κ2) is 12.6. The number of alkyl halides is 2. The fraction of sp³-hybridized carbons (Fsp3) is 0.667. The highest BCUT2D eigenvalue weighted by atomic mass is 19.3. The molecule has 9 nitrogen and oxygen atoms in total. The molecule has 1 aromatic carbocycles. The first-order chi connectivity index (χ1) is 21.2. The molecule has 4 aliphatic rings. The molecule has 11 heteroatoms. The van der Waals surface area contributed by atoms with Crippen molar-refractivity contribution >= 4 is 29.2 Å². The van der Waals surface area contributed by atoms with Crippen LogP contribution in [0, 0.1) is 23.7 Å². The summed E-state index contributed by atoms with van der Waals surface area (Å²) in [6.45, 7) is 1.78. The molecule has 2 saturated carbocycles. The zero-order valence-electron chi connectivity index (χ0n) is 25.4. The first-order valence-electron chi connectivity index (χ1n) is 16.0. The minimum atomic E-state index is -3.33. The van der Waals surface area contributed by atoms with Crippen molar-refractivity contribution in [1.29, 1.82) is 0 Å². The van der Waals surface area contributed by atoms with Crippen LogP contribution in [0.4, 0.5) is 8.78 Å². The van der Waals surface area contributed by atoms with Crippen LogP contribution in [0.1, 0.15) is 83.2 Å². The number of esters is 1. The number of amides is 1. The Morgan fingerprint density at radius 3 is 2.48 bits per heavy atom. The third kappa shape index (κ3) is 6.24. The number of rotatable bonds is 3. The van der Waals surface area contributed by atoms with E-state index in [0.717, 1.165) is 32.1 Å². The van der Waals surface area contributed by atoms with Crippen molar-refractivity contribution in [3.8, 4) is 11.6 Å². The largest absolute Gasteiger partial charge is 0.497 e. The minimum Gasteiger partial charge on any atom is -0.497 e. The average Bonchev–Trinajstić information content (AvgIpc) is 3.68. The lowest BCUT2D eigenvalue weighted by Gasteiger charge is -2.33. The summed E-state index contributed by atoms with van der Waals surface area (Å²) >= 11 is 0. The van der Waals surface area contributed by atoms with Crippen molar-refractivity contribution in [3.05, 3.63) is 23.9 Å². The van der Waals surface area contributed by atoms with E-state index in [1.165, 1.54) is 12.0 Å². The van der Waals surface area contributed by atoms with Crippen LogP contribution in [0.2, 0.25) is 0 Å². The van der Waals surface area contributed by atoms with E-state index in [0.29, 0.717) is 36.8 Å². The summed E-state index contributed by atoms with van der Waals surface area (Å²) in [5, 5.41) is 0. The molecule has 6 atom stereocenters. The predicted molar refractivity (Wildman–Crippen MR) is 156 cm³/mol. The van der Waals surface area contributed by atoms with E-state index in [1.54, 1.807) is 25.1 Å². The number of hydrogen-bond acceptors (Lipinski definition) is 8. The van der Waals surface area contributed by atoms with E-state index in [9.17, 15) is 14.4 Å². The van der Waals surface area contributed by atoms with Crippen molar-refractivity contribution in [2.75, 3.05) is 13.7 Å². The monoisotopic (exact) mass is 613 g/mol. The van der Waals surface area contributed by atoms with Crippen molar-refractivity contribution in [2.24, 2.45) is 23.7 Å². The Morgan fingerprint density at radius 2 is 1.73 bits per heavy atom. The summed E-state index contributed by atoms with van der Waals surface area (Å²) in [7, 11) is 1.50. The van der Waals surface area contributed by atoms with Gasteiger partial charge in [0.2, 0.25) is 11.8 Å². The van der Waals surface area contributed by atoms with Crippen molar-refractivity contribution in [1.82, 2.24) is 14.9 Å². The summed E-state index contributed by atoms with van der Waals surface area (Å²) < 4.78 is 49.0. The van der Waals surface area contributed by atoms with Crippen LogP contribution in [-0.2, 0) is 25.0 Å². The first kappa shape index (κ1) is 30.6. The average molecular weight is 614 g/mol. The second-order valence-corrected chi connectivity index (χ2v) is 13.0. The predicted octanol–water partition coefficient (Wildman–Crippen LogP) is 5.62. The molecule has 1 saturated heterocycles. The smallest absolute Gasteiger partial charge is 0.306 e. The highest BCUT2D eigenvalue weighted by molar-refractivity contribution is 5.87. The quantitative estimate of drug-likeness (QED) is 0.325. The third-order valence-corrected chi connectivity index (χ3v) is 10.1. The standard InChI is InChI=1S/C33H41F2N3O6/c1-19-26(18-39)38-17-28(19)44-31-30(36-24-12-11-22(42-2)15-25(24)37-31)33(34,35)13-7-6-10-21-14-27(21)43-29(40)16-23(32(38)41)20-8-4-3-5-9-20/h11-12,15,18-21,23,26-28H,3-10,13-14,16-17H2,1-2H3/t19-,21+,23-,26+,27+,28-/m0/s1. The molecule has 2 aliphatic heterocycles. The lowest BCUT2D eigenvalue weighted by molar-refractivity contribution is -0.152. The van der Waals surface area contributed by atoms with Crippen LogP contribution in [0.15, 0.2) is 18.2 Å². The number of aromatic nitrogens is 2. The van der Waals surface area contributed by atoms with Crippen LogP contribution < -0.4 is 9.47 Å². The van der Waals surface area contributed by atoms with E-state index >= 15 is 8.78 Å². The van der Waals surface area contributed by atoms with Crippen molar-refractivity contribution in [2.45, 2.75) is 102 Å². The summed E-state index contributed by atoms with van der Waals surface area (Å²) in [6.07, 6.45) is 6.15. The summed E-state index contributed by atoms with van der Waals surface area (Å²) in [6, 6.07) is 4.01. The zero-order valence-corrected chi connectivity index (χ0v) is 25.4. The van der Waals surface area contributed by atoms with Gasteiger partial charge in [-0.25, -0.2) is 9.97 Å². The second-order valence-electron chi connectivity index (χ2n) is 13.0. The zero-order chi connectivity index (χ0) is 31.0. The third-order valence-electron chi connectivity index (χ3n) is 10.1. The molecular weight excluding hydrogens is 572 g/mol. The molecule has 44 heavy (non-hydrogen) atoms. The van der Waals surface area contributed by atoms with E-state index in [1.807, 2.05) is 0 Å². The molecule has 3 fully saturated rings. The molecule has 0 unspecified atom stereocenters. The summed E-state index contributed by atoms with van der Waals surface area (Å²) in [4.78, 5) is 50.0. The van der Waals surface area contributed by atoms with Crippen LogP contribution in [0.5, 0.6) is 11.6 Å². The maximum absolute atomic E-state index is 15.9. The highest BCUT2D eigenvalue weighted by Gasteiger charge is 2.48. The molecule has 0 spiro atoms. The van der Waals surface area contributed by atoms with Crippen LogP contribution >= 0.6 is 0 Å². The normalized spacial score (nSPS) is 31.6. The molecular formula is C33H41F2N3O6. The molecule has 1 amide bonds. The molecule has 3 heterocycles. The number of halogens is 2. The Bertz CT molecular complexity index is 1400. The highest BCUT2D eigenvalue weighted by Crippen LogP contribution is 2.43. The number of ether oxygens (including phenoxy) is 3. The molecule has 0 N–H and O–H groups in total. The van der Waals surface area contributed by atoms with Crippen LogP contribution in [0.3, 0.4) is 0 Å². The molecule has 2 aromatic rings. The van der Waals surface area contributed by atoms with Crippen molar-refractivity contribution in [3.63, 3.8) is 0 Å². The first-order valence-corrected chi connectivity index (χ1v) is 16.0. The van der Waals surface area contributed by atoms with Crippen molar-refractivity contribution < 1.29 is 37.4 Å². The van der Waals surface area contributed by atoms with Gasteiger partial charge in [0.1, 0.15) is 24.2 Å². The lowest BCUT2D eigenvalue weighted by atomic mass is 9.77. The molecule has 238 valence electrons. The van der Waals surface area contributed by atoms with Gasteiger partial charge in [-0.1, -0.05) is 32.6 Å². The van der Waals surface area contributed by atoms with Gasteiger partial charge < -0.3 is 23.9 Å². The molecule has 0 radical (unpaired) electrons. The van der Waals surface area contributed by atoms with Gasteiger partial charge in [0.05, 0.1) is 43.1 Å². The summed E-state index contributed by atoms with van der Waals surface area (Å²) in [5.74, 6) is -4.78. The molecule has 6 rings (SSSR count). The van der Waals surface area contributed by atoms with Gasteiger partial charge >= 0.3 is 5.97 Å². The molecule has 1 aromatic heterocycles. The maximum atomic E-state index is 15.9. The van der Waals surface area contributed by atoms with Gasteiger partial charge in [0, 0.05) is 18.4 Å². The number of carbonyl (C=O) groups is 3. The maximum Gasteiger partial charge on any atom is 0.306 e. The summed E-state index contributed by atoms with van der Waals surface area (Å²) in [5.41, 5.74) is 0.0754. The van der Waals surface area contributed by atoms with Gasteiger partial charge in [0.25, 0.3) is 5.92 Å². The molecule has 2 aliphatic carbocycles. The van der Waals surface area contributed by atoms with Crippen LogP contribution in [0.25, 0.3) is 11.0 Å².